The number of benzene rings is 2. The number of nitrogens with one attached hydrogen (secondary N) is 1. The van der Waals surface area contributed by atoms with Crippen LogP contribution in [0.25, 0.3) is 0 Å². The Morgan fingerprint density at radius 3 is 2.23 bits per heavy atom. The van der Waals surface area contributed by atoms with E-state index in [0.717, 1.165) is 5.56 Å². The monoisotopic (exact) mass is 337 g/mol. The van der Waals surface area contributed by atoms with Gasteiger partial charge in [-0.25, -0.2) is 4.79 Å². The van der Waals surface area contributed by atoms with Crippen LogP contribution in [0.3, 0.4) is 0 Å². The number of aromatic carboxylic acids is 1. The molecule has 2 aromatic rings. The summed E-state index contributed by atoms with van der Waals surface area (Å²) in [5, 5.41) is 12.8. The van der Waals surface area contributed by atoms with Gasteiger partial charge in [-0.1, -0.05) is 35.3 Å². The van der Waals surface area contributed by atoms with E-state index < -0.39 is 11.9 Å². The smallest absolute Gasteiger partial charge is 0.336 e. The van der Waals surface area contributed by atoms with Gasteiger partial charge in [-0.3, -0.25) is 4.79 Å². The Bertz CT molecular complexity index is 699. The van der Waals surface area contributed by atoms with E-state index in [-0.39, 0.29) is 11.1 Å². The third kappa shape index (κ3) is 4.23. The Labute approximate surface area is 137 Å². The third-order valence-electron chi connectivity index (χ3n) is 3.07. The van der Waals surface area contributed by atoms with Crippen LogP contribution in [0.15, 0.2) is 42.5 Å². The van der Waals surface area contributed by atoms with E-state index in [1.165, 1.54) is 18.2 Å². The predicted octanol–water partition coefficient (Wildman–Crippen LogP) is 3.66. The topological polar surface area (TPSA) is 66.4 Å². The van der Waals surface area contributed by atoms with E-state index in [4.69, 9.17) is 28.3 Å². The maximum atomic E-state index is 12.1. The Morgan fingerprint density at radius 1 is 0.955 bits per heavy atom. The molecule has 0 bridgehead atoms. The third-order valence-corrected chi connectivity index (χ3v) is 3.56. The fraction of sp³-hybridized carbons (Fsp3) is 0.125. The molecular weight excluding hydrogens is 325 g/mol. The molecule has 0 unspecified atom stereocenters. The molecule has 0 radical (unpaired) electrons. The average Bonchev–Trinajstić information content (AvgIpc) is 2.48. The molecule has 4 nitrogen and oxygen atoms in total. The van der Waals surface area contributed by atoms with Crippen molar-refractivity contribution in [1.82, 2.24) is 5.32 Å². The minimum absolute atomic E-state index is 0.0520. The van der Waals surface area contributed by atoms with Gasteiger partial charge in [0.15, 0.2) is 0 Å². The van der Waals surface area contributed by atoms with Gasteiger partial charge >= 0.3 is 5.97 Å². The van der Waals surface area contributed by atoms with Crippen LogP contribution in [-0.4, -0.2) is 23.5 Å². The van der Waals surface area contributed by atoms with Crippen LogP contribution in [0.5, 0.6) is 0 Å². The zero-order chi connectivity index (χ0) is 16.1. The Hall–Kier alpha value is -2.04. The van der Waals surface area contributed by atoms with E-state index in [0.29, 0.717) is 23.0 Å². The van der Waals surface area contributed by atoms with Crippen LogP contribution in [0.4, 0.5) is 0 Å². The van der Waals surface area contributed by atoms with E-state index >= 15 is 0 Å². The minimum Gasteiger partial charge on any atom is -0.478 e. The number of hydrogen-bond donors (Lipinski definition) is 2. The lowest BCUT2D eigenvalue weighted by Gasteiger charge is -2.08. The maximum Gasteiger partial charge on any atom is 0.336 e. The predicted molar refractivity (Wildman–Crippen MR) is 85.9 cm³/mol. The van der Waals surface area contributed by atoms with Gasteiger partial charge in [-0.05, 0) is 42.3 Å². The van der Waals surface area contributed by atoms with E-state index in [1.54, 1.807) is 12.1 Å². The molecule has 6 heteroatoms. The van der Waals surface area contributed by atoms with Crippen LogP contribution in [0, 0.1) is 0 Å². The summed E-state index contributed by atoms with van der Waals surface area (Å²) in [7, 11) is 0. The number of amides is 1. The summed E-state index contributed by atoms with van der Waals surface area (Å²) in [5.41, 5.74) is 0.999. The lowest BCUT2D eigenvalue weighted by molar-refractivity contribution is 0.0691. The van der Waals surface area contributed by atoms with Crippen molar-refractivity contribution in [2.24, 2.45) is 0 Å². The Kier molecular flexibility index (Phi) is 5.41. The average molecular weight is 338 g/mol. The van der Waals surface area contributed by atoms with Crippen molar-refractivity contribution in [3.8, 4) is 0 Å². The molecular formula is C16H13Cl2NO3. The van der Waals surface area contributed by atoms with Gasteiger partial charge in [0.2, 0.25) is 0 Å². The molecule has 0 saturated carbocycles. The summed E-state index contributed by atoms with van der Waals surface area (Å²) in [6.45, 7) is 0.381. The molecule has 0 saturated heterocycles. The number of rotatable bonds is 5. The van der Waals surface area contributed by atoms with Crippen LogP contribution in [-0.2, 0) is 6.42 Å². The molecule has 0 aliphatic carbocycles. The van der Waals surface area contributed by atoms with E-state index in [9.17, 15) is 9.59 Å². The highest BCUT2D eigenvalue weighted by Gasteiger charge is 2.16. The van der Waals surface area contributed by atoms with Crippen molar-refractivity contribution in [1.29, 1.82) is 0 Å². The number of hydrogen-bond acceptors (Lipinski definition) is 2. The van der Waals surface area contributed by atoms with Gasteiger partial charge in [-0.15, -0.1) is 0 Å². The summed E-state index contributed by atoms with van der Waals surface area (Å²) in [6, 6.07) is 11.4. The molecule has 0 aromatic heterocycles. The van der Waals surface area contributed by atoms with Crippen LogP contribution in [0.1, 0.15) is 26.3 Å². The second-order valence-corrected chi connectivity index (χ2v) is 5.50. The van der Waals surface area contributed by atoms with Gasteiger partial charge < -0.3 is 10.4 Å². The molecule has 0 atom stereocenters. The first-order valence-electron chi connectivity index (χ1n) is 6.53. The first kappa shape index (κ1) is 16.3. The molecule has 2 N–H and O–H groups in total. The number of halogens is 2. The molecule has 2 aromatic carbocycles. The quantitative estimate of drug-likeness (QED) is 0.874. The van der Waals surface area contributed by atoms with E-state index in [1.807, 2.05) is 12.1 Å². The van der Waals surface area contributed by atoms with Gasteiger partial charge in [0.1, 0.15) is 0 Å². The molecule has 2 rings (SSSR count). The van der Waals surface area contributed by atoms with Gasteiger partial charge in [0.25, 0.3) is 5.91 Å². The van der Waals surface area contributed by atoms with Crippen molar-refractivity contribution in [2.45, 2.75) is 6.42 Å². The molecule has 0 aliphatic heterocycles. The zero-order valence-electron chi connectivity index (χ0n) is 11.5. The molecule has 0 spiro atoms. The molecule has 1 amide bonds. The normalized spacial score (nSPS) is 10.3. The molecule has 22 heavy (non-hydrogen) atoms. The van der Waals surface area contributed by atoms with Crippen LogP contribution >= 0.6 is 23.2 Å². The molecule has 0 aliphatic rings. The number of carbonyl (C=O) groups excluding carboxylic acids is 1. The Morgan fingerprint density at radius 2 is 1.59 bits per heavy atom. The lowest BCUT2D eigenvalue weighted by Crippen LogP contribution is -2.27. The number of carboxylic acids is 1. The maximum absolute atomic E-state index is 12.1. The van der Waals surface area contributed by atoms with Crippen molar-refractivity contribution < 1.29 is 14.7 Å². The second kappa shape index (κ2) is 7.29. The SMILES string of the molecule is O=C(O)c1ccc(Cl)cc1C(=O)NCCc1ccc(Cl)cc1. The second-order valence-electron chi connectivity index (χ2n) is 4.63. The van der Waals surface area contributed by atoms with Crippen molar-refractivity contribution in [2.75, 3.05) is 6.54 Å². The first-order chi connectivity index (χ1) is 10.5. The summed E-state index contributed by atoms with van der Waals surface area (Å²) in [6.07, 6.45) is 0.617. The largest absolute Gasteiger partial charge is 0.478 e. The summed E-state index contributed by atoms with van der Waals surface area (Å²) in [4.78, 5) is 23.2. The first-order valence-corrected chi connectivity index (χ1v) is 7.28. The minimum atomic E-state index is -1.17. The van der Waals surface area contributed by atoms with Crippen molar-refractivity contribution in [3.63, 3.8) is 0 Å². The fourth-order valence-corrected chi connectivity index (χ4v) is 2.26. The van der Waals surface area contributed by atoms with E-state index in [2.05, 4.69) is 5.32 Å². The van der Waals surface area contributed by atoms with Crippen LogP contribution < -0.4 is 5.32 Å². The zero-order valence-corrected chi connectivity index (χ0v) is 13.0. The highest BCUT2D eigenvalue weighted by atomic mass is 35.5. The summed E-state index contributed by atoms with van der Waals surface area (Å²) >= 11 is 11.6. The highest BCUT2D eigenvalue weighted by Crippen LogP contribution is 2.16. The van der Waals surface area contributed by atoms with Crippen molar-refractivity contribution >= 4 is 35.1 Å². The van der Waals surface area contributed by atoms with Gasteiger partial charge in [0.05, 0.1) is 11.1 Å². The van der Waals surface area contributed by atoms with Crippen LogP contribution in [0.2, 0.25) is 10.0 Å². The highest BCUT2D eigenvalue weighted by molar-refractivity contribution is 6.31. The molecule has 0 heterocycles. The lowest BCUT2D eigenvalue weighted by atomic mass is 10.1. The summed E-state index contributed by atoms with van der Waals surface area (Å²) in [5.74, 6) is -1.63. The van der Waals surface area contributed by atoms with Crippen molar-refractivity contribution in [3.05, 3.63) is 69.2 Å². The number of carboxylic acid groups (broad SMARTS) is 1. The van der Waals surface area contributed by atoms with Gasteiger partial charge in [0, 0.05) is 16.6 Å². The molecule has 0 fully saturated rings. The molecule has 114 valence electrons. The van der Waals surface area contributed by atoms with Gasteiger partial charge in [-0.2, -0.15) is 0 Å². The number of carbonyl (C=O) groups is 2. The summed E-state index contributed by atoms with van der Waals surface area (Å²) < 4.78 is 0. The standard InChI is InChI=1S/C16H13Cl2NO3/c17-11-3-1-10(2-4-11)7-8-19-15(20)14-9-12(18)5-6-13(14)16(21)22/h1-6,9H,7-8H2,(H,19,20)(H,21,22). The fourth-order valence-electron chi connectivity index (χ4n) is 1.96. The Balaban J connectivity index is 2.02.